The van der Waals surface area contributed by atoms with Gasteiger partial charge in [0, 0.05) is 11.1 Å². The largest absolute Gasteiger partial charge is 0.343 e. The Kier molecular flexibility index (Phi) is 4.60. The average Bonchev–Trinajstić information content (AvgIpc) is 3.01. The number of benzene rings is 1. The normalized spacial score (nSPS) is 28.8. The second kappa shape index (κ2) is 6.43. The van der Waals surface area contributed by atoms with Gasteiger partial charge in [-0.3, -0.25) is 4.79 Å². The fourth-order valence-electron chi connectivity index (χ4n) is 3.62. The van der Waals surface area contributed by atoms with Gasteiger partial charge in [0.05, 0.1) is 17.3 Å². The van der Waals surface area contributed by atoms with Crippen LogP contribution in [0.4, 0.5) is 0 Å². The number of carbonyl (C=O) groups is 1. The highest BCUT2D eigenvalue weighted by Gasteiger charge is 2.41. The molecule has 0 aliphatic carbocycles. The molecular weight excluding hydrogens is 334 g/mol. The van der Waals surface area contributed by atoms with Crippen LogP contribution in [0.25, 0.3) is 0 Å². The van der Waals surface area contributed by atoms with Gasteiger partial charge in [0.2, 0.25) is 0 Å². The Morgan fingerprint density at radius 1 is 1.32 bits per heavy atom. The van der Waals surface area contributed by atoms with Crippen LogP contribution in [0.3, 0.4) is 0 Å². The molecule has 0 aromatic heterocycles. The summed E-state index contributed by atoms with van der Waals surface area (Å²) in [6.45, 7) is 8.96. The number of nitrogens with zero attached hydrogens (tertiary/aromatic N) is 2. The van der Waals surface area contributed by atoms with Crippen molar-refractivity contribution in [2.24, 2.45) is 5.10 Å². The van der Waals surface area contributed by atoms with E-state index in [4.69, 9.17) is 11.6 Å². The van der Waals surface area contributed by atoms with E-state index in [9.17, 15) is 4.79 Å². The van der Waals surface area contributed by atoms with Gasteiger partial charge in [0.1, 0.15) is 18.8 Å². The molecule has 1 N–H and O–H groups in total. The van der Waals surface area contributed by atoms with Crippen LogP contribution in [0.1, 0.15) is 39.7 Å². The van der Waals surface area contributed by atoms with Gasteiger partial charge in [-0.05, 0) is 51.8 Å². The Labute approximate surface area is 154 Å². The molecule has 2 atom stereocenters. The molecule has 25 heavy (non-hydrogen) atoms. The van der Waals surface area contributed by atoms with Crippen molar-refractivity contribution in [3.05, 3.63) is 58.3 Å². The minimum Gasteiger partial charge on any atom is -0.343 e. The number of hydrogen-bond acceptors (Lipinski definition) is 2. The number of allylic oxidation sites excluding steroid dienone is 1. The first-order chi connectivity index (χ1) is 11.8. The maximum atomic E-state index is 12.9. The molecule has 0 spiro atoms. The first-order valence-electron chi connectivity index (χ1n) is 8.64. The lowest BCUT2D eigenvalue weighted by molar-refractivity contribution is -0.899. The summed E-state index contributed by atoms with van der Waals surface area (Å²) >= 11 is 6.00. The molecule has 3 rings (SSSR count). The Bertz CT molecular complexity index is 765. The van der Waals surface area contributed by atoms with Crippen molar-refractivity contribution in [2.75, 3.05) is 6.54 Å². The molecule has 0 bridgehead atoms. The van der Waals surface area contributed by atoms with Crippen LogP contribution in [0.15, 0.2) is 52.8 Å². The molecule has 1 aromatic rings. The fourth-order valence-corrected chi connectivity index (χ4v) is 3.75. The van der Waals surface area contributed by atoms with E-state index in [1.165, 1.54) is 0 Å². The number of rotatable bonds is 4. The zero-order valence-electron chi connectivity index (χ0n) is 15.2. The van der Waals surface area contributed by atoms with E-state index in [1.807, 2.05) is 36.6 Å². The minimum absolute atomic E-state index is 0.00477. The summed E-state index contributed by atoms with van der Waals surface area (Å²) in [5.74, 6) is -0.00477. The van der Waals surface area contributed by atoms with Gasteiger partial charge in [-0.25, -0.2) is 0 Å². The lowest BCUT2D eigenvalue weighted by Gasteiger charge is -2.39. The van der Waals surface area contributed by atoms with E-state index in [0.717, 1.165) is 23.1 Å². The summed E-state index contributed by atoms with van der Waals surface area (Å²) in [6.07, 6.45) is 6.61. The number of carbonyl (C=O) groups excluding carboxylic acids is 1. The van der Waals surface area contributed by atoms with Crippen LogP contribution in [0.5, 0.6) is 0 Å². The van der Waals surface area contributed by atoms with E-state index in [1.54, 1.807) is 0 Å². The van der Waals surface area contributed by atoms with Gasteiger partial charge in [0.15, 0.2) is 0 Å². The SMILES string of the molecule is CC1=C(C[N+]2(C(C)C)C=CC=N2)C(=O)NC(C)(c2ccc(Cl)cc2)C1. The first-order valence-corrected chi connectivity index (χ1v) is 9.02. The van der Waals surface area contributed by atoms with Gasteiger partial charge < -0.3 is 5.32 Å². The van der Waals surface area contributed by atoms with Crippen molar-refractivity contribution >= 4 is 23.7 Å². The van der Waals surface area contributed by atoms with E-state index < -0.39 is 5.54 Å². The summed E-state index contributed by atoms with van der Waals surface area (Å²) in [4.78, 5) is 12.9. The van der Waals surface area contributed by atoms with E-state index in [2.05, 4.69) is 44.3 Å². The van der Waals surface area contributed by atoms with E-state index in [0.29, 0.717) is 16.2 Å². The summed E-state index contributed by atoms with van der Waals surface area (Å²) in [7, 11) is 0. The summed E-state index contributed by atoms with van der Waals surface area (Å²) < 4.78 is 0.442. The second-order valence-corrected chi connectivity index (χ2v) is 7.91. The summed E-state index contributed by atoms with van der Waals surface area (Å²) in [5, 5.41) is 8.52. The predicted octanol–water partition coefficient (Wildman–Crippen LogP) is 4.13. The van der Waals surface area contributed by atoms with Crippen molar-refractivity contribution in [2.45, 2.75) is 45.7 Å². The molecule has 2 unspecified atom stereocenters. The van der Waals surface area contributed by atoms with Crippen molar-refractivity contribution in [3.63, 3.8) is 0 Å². The average molecular weight is 359 g/mol. The standard InChI is InChI=1S/C20H24ClN3O/c1-14(2)24(11-5-10-22-24)13-18-15(3)12-20(4,23-19(18)25)16-6-8-17(21)9-7-16/h5-11,14H,12-13H2,1-4H3/p+1. The van der Waals surface area contributed by atoms with Crippen molar-refractivity contribution in [1.29, 1.82) is 0 Å². The quantitative estimate of drug-likeness (QED) is 0.808. The number of quaternary nitrogens is 1. The van der Waals surface area contributed by atoms with Crippen molar-refractivity contribution < 1.29 is 9.39 Å². The second-order valence-electron chi connectivity index (χ2n) is 7.47. The number of amides is 1. The molecule has 2 aliphatic rings. The molecule has 2 aliphatic heterocycles. The number of nitrogens with one attached hydrogen (secondary N) is 1. The lowest BCUT2D eigenvalue weighted by atomic mass is 9.81. The van der Waals surface area contributed by atoms with Crippen LogP contribution >= 0.6 is 11.6 Å². The van der Waals surface area contributed by atoms with Gasteiger partial charge in [-0.1, -0.05) is 34.4 Å². The van der Waals surface area contributed by atoms with Crippen LogP contribution in [0, 0.1) is 0 Å². The molecule has 5 heteroatoms. The van der Waals surface area contributed by atoms with Gasteiger partial charge in [-0.2, -0.15) is 4.59 Å². The van der Waals surface area contributed by atoms with E-state index >= 15 is 0 Å². The van der Waals surface area contributed by atoms with Crippen LogP contribution < -0.4 is 5.32 Å². The molecular formula is C20H25ClN3O+. The molecule has 4 nitrogen and oxygen atoms in total. The fraction of sp³-hybridized carbons (Fsp3) is 0.400. The van der Waals surface area contributed by atoms with E-state index in [-0.39, 0.29) is 11.9 Å². The molecule has 1 amide bonds. The first kappa shape index (κ1) is 17.9. The summed E-state index contributed by atoms with van der Waals surface area (Å²) in [5.41, 5.74) is 2.61. The Hall–Kier alpha value is -1.91. The highest BCUT2D eigenvalue weighted by Crippen LogP contribution is 2.35. The third-order valence-corrected chi connectivity index (χ3v) is 5.55. The zero-order valence-corrected chi connectivity index (χ0v) is 16.0. The molecule has 0 fully saturated rings. The van der Waals surface area contributed by atoms with Gasteiger partial charge >= 0.3 is 0 Å². The molecule has 0 radical (unpaired) electrons. The van der Waals surface area contributed by atoms with Gasteiger partial charge in [0.25, 0.3) is 5.91 Å². The predicted molar refractivity (Wildman–Crippen MR) is 102 cm³/mol. The summed E-state index contributed by atoms with van der Waals surface area (Å²) in [6, 6.07) is 7.97. The lowest BCUT2D eigenvalue weighted by Crippen LogP contribution is -2.52. The molecule has 0 saturated carbocycles. The third kappa shape index (κ3) is 3.29. The topological polar surface area (TPSA) is 41.5 Å². The highest BCUT2D eigenvalue weighted by molar-refractivity contribution is 6.30. The molecule has 0 saturated heterocycles. The monoisotopic (exact) mass is 358 g/mol. The Balaban J connectivity index is 1.91. The molecule has 132 valence electrons. The molecule has 2 heterocycles. The Morgan fingerprint density at radius 2 is 2.00 bits per heavy atom. The molecule has 1 aromatic carbocycles. The van der Waals surface area contributed by atoms with Crippen LogP contribution in [-0.2, 0) is 10.3 Å². The smallest absolute Gasteiger partial charge is 0.253 e. The number of halogens is 1. The number of hydrogen-bond donors (Lipinski definition) is 1. The third-order valence-electron chi connectivity index (χ3n) is 5.30. The highest BCUT2D eigenvalue weighted by atomic mass is 35.5. The van der Waals surface area contributed by atoms with Crippen molar-refractivity contribution in [3.8, 4) is 0 Å². The maximum absolute atomic E-state index is 12.9. The maximum Gasteiger partial charge on any atom is 0.253 e. The van der Waals surface area contributed by atoms with Crippen LogP contribution in [0.2, 0.25) is 5.02 Å². The van der Waals surface area contributed by atoms with Gasteiger partial charge in [-0.15, -0.1) is 0 Å². The minimum atomic E-state index is -0.415. The Morgan fingerprint density at radius 3 is 2.52 bits per heavy atom. The zero-order chi connectivity index (χ0) is 18.2. The van der Waals surface area contributed by atoms with Crippen molar-refractivity contribution in [1.82, 2.24) is 5.32 Å². The van der Waals surface area contributed by atoms with Crippen LogP contribution in [-0.4, -0.2) is 29.3 Å².